The number of amides is 2. The van der Waals surface area contributed by atoms with Crippen LogP contribution in [0.25, 0.3) is 0 Å². The van der Waals surface area contributed by atoms with Gasteiger partial charge < -0.3 is 14.6 Å². The Bertz CT molecular complexity index is 738. The van der Waals surface area contributed by atoms with Crippen molar-refractivity contribution in [1.82, 2.24) is 25.2 Å². The van der Waals surface area contributed by atoms with Gasteiger partial charge in [0.2, 0.25) is 5.91 Å². The summed E-state index contributed by atoms with van der Waals surface area (Å²) >= 11 is 0. The molecule has 2 aromatic heterocycles. The molecule has 26 heavy (non-hydrogen) atoms. The van der Waals surface area contributed by atoms with Gasteiger partial charge in [-0.2, -0.15) is 13.2 Å². The van der Waals surface area contributed by atoms with Crippen molar-refractivity contribution in [2.24, 2.45) is 0 Å². The maximum atomic E-state index is 13.1. The zero-order valence-electron chi connectivity index (χ0n) is 14.2. The molecule has 0 aliphatic carbocycles. The van der Waals surface area contributed by atoms with Gasteiger partial charge in [-0.05, 0) is 26.0 Å². The maximum Gasteiger partial charge on any atom is 0.415 e. The molecule has 0 saturated heterocycles. The monoisotopic (exact) mass is 373 g/mol. The molecule has 0 saturated carbocycles. The first-order valence-electron chi connectivity index (χ1n) is 7.85. The number of likely N-dealkylation sites (N-methyl/N-ethyl adjacent to an activating group) is 1. The van der Waals surface area contributed by atoms with Crippen LogP contribution >= 0.6 is 0 Å². The fourth-order valence-corrected chi connectivity index (χ4v) is 2.27. The predicted octanol–water partition coefficient (Wildman–Crippen LogP) is 1.77. The van der Waals surface area contributed by atoms with E-state index in [0.29, 0.717) is 13.1 Å². The van der Waals surface area contributed by atoms with Gasteiger partial charge in [0, 0.05) is 13.1 Å². The minimum atomic E-state index is -4.75. The Morgan fingerprint density at radius 3 is 2.58 bits per heavy atom. The topological polar surface area (TPSA) is 93.3 Å². The Hall–Kier alpha value is -2.85. The van der Waals surface area contributed by atoms with Crippen LogP contribution in [0.3, 0.4) is 0 Å². The van der Waals surface area contributed by atoms with Gasteiger partial charge in [0.1, 0.15) is 12.3 Å². The molecule has 8 nitrogen and oxygen atoms in total. The molecule has 0 fully saturated rings. The van der Waals surface area contributed by atoms with Gasteiger partial charge in [0.15, 0.2) is 11.7 Å². The molecule has 142 valence electrons. The first-order valence-corrected chi connectivity index (χ1v) is 7.85. The number of alkyl halides is 3. The summed E-state index contributed by atoms with van der Waals surface area (Å²) < 4.78 is 45.3. The number of furan rings is 1. The number of carbonyl (C=O) groups is 2. The second kappa shape index (κ2) is 8.02. The van der Waals surface area contributed by atoms with Crippen LogP contribution in [0.4, 0.5) is 13.2 Å². The van der Waals surface area contributed by atoms with Crippen LogP contribution in [0.5, 0.6) is 0 Å². The van der Waals surface area contributed by atoms with Gasteiger partial charge in [-0.15, -0.1) is 5.10 Å². The molecule has 1 N–H and O–H groups in total. The molecule has 2 aromatic rings. The minimum Gasteiger partial charge on any atom is -0.467 e. The van der Waals surface area contributed by atoms with Crippen molar-refractivity contribution < 1.29 is 27.2 Å². The lowest BCUT2D eigenvalue weighted by atomic mass is 10.2. The van der Waals surface area contributed by atoms with Gasteiger partial charge in [0.05, 0.1) is 12.5 Å². The Kier molecular flexibility index (Phi) is 6.01. The normalized spacial score (nSPS) is 12.7. The lowest BCUT2D eigenvalue weighted by molar-refractivity contribution is -0.159. The summed E-state index contributed by atoms with van der Waals surface area (Å²) in [5, 5.41) is 8.96. The zero-order valence-corrected chi connectivity index (χ0v) is 14.2. The van der Waals surface area contributed by atoms with Crippen LogP contribution in [0, 0.1) is 0 Å². The highest BCUT2D eigenvalue weighted by Crippen LogP contribution is 2.33. The van der Waals surface area contributed by atoms with Crippen LogP contribution in [-0.4, -0.2) is 51.0 Å². The average Bonchev–Trinajstić information content (AvgIpc) is 3.24. The van der Waals surface area contributed by atoms with Crippen molar-refractivity contribution in [2.45, 2.75) is 32.6 Å². The molecular weight excluding hydrogens is 355 g/mol. The molecule has 2 rings (SSSR count). The molecule has 2 heterocycles. The second-order valence-electron chi connectivity index (χ2n) is 5.33. The number of rotatable bonds is 7. The van der Waals surface area contributed by atoms with Crippen LogP contribution in [-0.2, 0) is 11.3 Å². The molecule has 2 amide bonds. The molecule has 0 aromatic carbocycles. The highest BCUT2D eigenvalue weighted by Gasteiger charge is 2.44. The van der Waals surface area contributed by atoms with Crippen LogP contribution in [0.1, 0.15) is 36.1 Å². The quantitative estimate of drug-likeness (QED) is 0.798. The maximum absolute atomic E-state index is 13.1. The third-order valence-electron chi connectivity index (χ3n) is 3.62. The molecule has 1 atom stereocenters. The van der Waals surface area contributed by atoms with Crippen molar-refractivity contribution in [2.75, 3.05) is 13.1 Å². The van der Waals surface area contributed by atoms with Gasteiger partial charge >= 0.3 is 6.18 Å². The van der Waals surface area contributed by atoms with E-state index in [4.69, 9.17) is 4.42 Å². The van der Waals surface area contributed by atoms with E-state index >= 15 is 0 Å². The van der Waals surface area contributed by atoms with Crippen LogP contribution in [0.15, 0.2) is 29.0 Å². The van der Waals surface area contributed by atoms with Crippen molar-refractivity contribution in [1.29, 1.82) is 0 Å². The van der Waals surface area contributed by atoms with E-state index < -0.39 is 23.9 Å². The highest BCUT2D eigenvalue weighted by atomic mass is 19.4. The summed E-state index contributed by atoms with van der Waals surface area (Å²) in [4.78, 5) is 25.6. The first kappa shape index (κ1) is 19.5. The van der Waals surface area contributed by atoms with Crippen molar-refractivity contribution in [3.63, 3.8) is 0 Å². The fourth-order valence-electron chi connectivity index (χ4n) is 2.27. The third kappa shape index (κ3) is 4.61. The number of hydrogen-bond acceptors (Lipinski definition) is 5. The Labute approximate surface area is 146 Å². The zero-order chi connectivity index (χ0) is 19.3. The van der Waals surface area contributed by atoms with Gasteiger partial charge in [0.25, 0.3) is 5.91 Å². The molecule has 0 aliphatic heterocycles. The number of carbonyl (C=O) groups excluding carboxylic acids is 2. The summed E-state index contributed by atoms with van der Waals surface area (Å²) in [6, 6.07) is 0.0837. The van der Waals surface area contributed by atoms with E-state index in [9.17, 15) is 22.8 Å². The average molecular weight is 373 g/mol. The van der Waals surface area contributed by atoms with E-state index in [0.717, 1.165) is 23.2 Å². The van der Waals surface area contributed by atoms with Crippen LogP contribution < -0.4 is 5.32 Å². The largest absolute Gasteiger partial charge is 0.467 e. The van der Waals surface area contributed by atoms with E-state index in [1.165, 1.54) is 6.07 Å². The van der Waals surface area contributed by atoms with E-state index in [2.05, 4.69) is 10.3 Å². The van der Waals surface area contributed by atoms with Gasteiger partial charge in [-0.25, -0.2) is 4.68 Å². The number of halogens is 3. The number of nitrogens with one attached hydrogen (secondary N) is 1. The number of hydrogen-bond donors (Lipinski definition) is 1. The van der Waals surface area contributed by atoms with Crippen molar-refractivity contribution >= 4 is 11.8 Å². The number of nitrogens with zero attached hydrogens (tertiary/aromatic N) is 4. The summed E-state index contributed by atoms with van der Waals surface area (Å²) in [5.41, 5.74) is -0.335. The Balaban J connectivity index is 2.08. The van der Waals surface area contributed by atoms with Crippen LogP contribution in [0.2, 0.25) is 0 Å². The second-order valence-corrected chi connectivity index (χ2v) is 5.33. The predicted molar refractivity (Wildman–Crippen MR) is 82.9 cm³/mol. The van der Waals surface area contributed by atoms with E-state index in [1.807, 2.05) is 19.2 Å². The minimum absolute atomic E-state index is 0.164. The standard InChI is InChI=1S/C15H18F3N5O3/c1-3-22(4-2)12(24)9-23-8-10(20-21-23)14(25)19-13(15(16,17)18)11-6-5-7-26-11/h5-8,13H,3-4,9H2,1-2H3,(H,19,25). The molecule has 0 aliphatic rings. The smallest absolute Gasteiger partial charge is 0.415 e. The molecule has 0 radical (unpaired) electrons. The SMILES string of the molecule is CCN(CC)C(=O)Cn1cc(C(=O)NC(c2ccco2)C(F)(F)F)nn1. The van der Waals surface area contributed by atoms with E-state index in [-0.39, 0.29) is 18.1 Å². The lowest BCUT2D eigenvalue weighted by Gasteiger charge is -2.19. The van der Waals surface area contributed by atoms with E-state index in [1.54, 1.807) is 4.90 Å². The number of aromatic nitrogens is 3. The van der Waals surface area contributed by atoms with Crippen molar-refractivity contribution in [3.8, 4) is 0 Å². The molecular formula is C15H18F3N5O3. The fraction of sp³-hybridized carbons (Fsp3) is 0.467. The summed E-state index contributed by atoms with van der Waals surface area (Å²) in [6.45, 7) is 4.48. The lowest BCUT2D eigenvalue weighted by Crippen LogP contribution is -2.38. The van der Waals surface area contributed by atoms with Crippen molar-refractivity contribution in [3.05, 3.63) is 36.0 Å². The summed E-state index contributed by atoms with van der Waals surface area (Å²) in [5.74, 6) is -1.77. The molecule has 11 heteroatoms. The molecule has 1 unspecified atom stereocenters. The molecule has 0 bridgehead atoms. The highest BCUT2D eigenvalue weighted by molar-refractivity contribution is 5.92. The van der Waals surface area contributed by atoms with Gasteiger partial charge in [-0.3, -0.25) is 9.59 Å². The Morgan fingerprint density at radius 2 is 2.04 bits per heavy atom. The summed E-state index contributed by atoms with van der Waals surface area (Å²) in [6.07, 6.45) is -2.55. The summed E-state index contributed by atoms with van der Waals surface area (Å²) in [7, 11) is 0. The third-order valence-corrected chi connectivity index (χ3v) is 3.62. The van der Waals surface area contributed by atoms with Gasteiger partial charge in [-0.1, -0.05) is 5.21 Å². The Morgan fingerprint density at radius 1 is 1.35 bits per heavy atom. The first-order chi connectivity index (χ1) is 12.3. The molecule has 0 spiro atoms.